The van der Waals surface area contributed by atoms with Crippen LogP contribution in [0, 0.1) is 0 Å². The zero-order valence-electron chi connectivity index (χ0n) is 10.9. The van der Waals surface area contributed by atoms with Crippen molar-refractivity contribution < 1.29 is 14.3 Å². The third kappa shape index (κ3) is 3.76. The average molecular weight is 295 g/mol. The van der Waals surface area contributed by atoms with Crippen LogP contribution in [0.4, 0.5) is 10.5 Å². The highest BCUT2D eigenvalue weighted by atomic mass is 35.5. The van der Waals surface area contributed by atoms with Gasteiger partial charge in [-0.15, -0.1) is 0 Å². The van der Waals surface area contributed by atoms with Gasteiger partial charge in [-0.3, -0.25) is 0 Å². The number of nitrogens with one attached hydrogen (secondary N) is 2. The van der Waals surface area contributed by atoms with E-state index in [1.54, 1.807) is 43.3 Å². The summed E-state index contributed by atoms with van der Waals surface area (Å²) >= 11 is 5.82. The number of hydrogen-bond acceptors (Lipinski definition) is 3. The van der Waals surface area contributed by atoms with Crippen molar-refractivity contribution in [1.29, 1.82) is 0 Å². The maximum atomic E-state index is 11.7. The predicted octanol–water partition coefficient (Wildman–Crippen LogP) is 2.96. The van der Waals surface area contributed by atoms with Gasteiger partial charge in [0.15, 0.2) is 0 Å². The van der Waals surface area contributed by atoms with Crippen molar-refractivity contribution in [3.63, 3.8) is 0 Å². The lowest BCUT2D eigenvalue weighted by Crippen LogP contribution is -2.40. The highest BCUT2D eigenvalue weighted by molar-refractivity contribution is 6.30. The lowest BCUT2D eigenvalue weighted by Gasteiger charge is -2.21. The Morgan fingerprint density at radius 3 is 2.85 bits per heavy atom. The molecule has 0 aliphatic carbocycles. The molecule has 2 amide bonds. The molecule has 106 valence electrons. The van der Waals surface area contributed by atoms with Crippen LogP contribution in [-0.2, 0) is 5.60 Å². The van der Waals surface area contributed by atoms with E-state index in [0.29, 0.717) is 16.5 Å². The lowest BCUT2D eigenvalue weighted by molar-refractivity contribution is 0.0372. The first kappa shape index (κ1) is 14.4. The largest absolute Gasteiger partial charge is 0.466 e. The lowest BCUT2D eigenvalue weighted by atomic mass is 10.0. The van der Waals surface area contributed by atoms with Crippen LogP contribution in [0.5, 0.6) is 0 Å². The van der Waals surface area contributed by atoms with Gasteiger partial charge in [0, 0.05) is 10.7 Å². The van der Waals surface area contributed by atoms with Gasteiger partial charge in [-0.05, 0) is 37.3 Å². The van der Waals surface area contributed by atoms with Gasteiger partial charge in [0.25, 0.3) is 0 Å². The quantitative estimate of drug-likeness (QED) is 0.811. The zero-order chi connectivity index (χ0) is 14.6. The van der Waals surface area contributed by atoms with Crippen molar-refractivity contribution in [1.82, 2.24) is 5.32 Å². The second-order valence-electron chi connectivity index (χ2n) is 4.57. The van der Waals surface area contributed by atoms with Crippen LogP contribution >= 0.6 is 11.6 Å². The second kappa shape index (κ2) is 5.98. The van der Waals surface area contributed by atoms with Gasteiger partial charge in [-0.25, -0.2) is 4.79 Å². The minimum atomic E-state index is -1.27. The summed E-state index contributed by atoms with van der Waals surface area (Å²) in [4.78, 5) is 11.7. The molecule has 2 aromatic rings. The molecule has 0 fully saturated rings. The predicted molar refractivity (Wildman–Crippen MR) is 76.8 cm³/mol. The minimum Gasteiger partial charge on any atom is -0.466 e. The Hall–Kier alpha value is -1.98. The van der Waals surface area contributed by atoms with Gasteiger partial charge in [-0.2, -0.15) is 0 Å². The number of anilines is 1. The van der Waals surface area contributed by atoms with Gasteiger partial charge in [0.2, 0.25) is 0 Å². The molecule has 20 heavy (non-hydrogen) atoms. The Morgan fingerprint density at radius 1 is 1.40 bits per heavy atom. The Bertz CT molecular complexity index is 582. The second-order valence-corrected chi connectivity index (χ2v) is 5.01. The number of rotatable bonds is 4. The number of carbonyl (C=O) groups excluding carboxylic acids is 1. The molecular formula is C14H15ClN2O3. The molecule has 0 aliphatic rings. The monoisotopic (exact) mass is 294 g/mol. The fraction of sp³-hybridized carbons (Fsp3) is 0.214. The maximum Gasteiger partial charge on any atom is 0.319 e. The molecule has 1 heterocycles. The molecule has 1 unspecified atom stereocenters. The number of amides is 2. The first-order valence-electron chi connectivity index (χ1n) is 6.04. The number of benzene rings is 1. The summed E-state index contributed by atoms with van der Waals surface area (Å²) < 4.78 is 5.13. The molecule has 3 N–H and O–H groups in total. The van der Waals surface area contributed by atoms with Crippen molar-refractivity contribution in [3.8, 4) is 0 Å². The zero-order valence-corrected chi connectivity index (χ0v) is 11.6. The highest BCUT2D eigenvalue weighted by Crippen LogP contribution is 2.20. The Kier molecular flexibility index (Phi) is 4.32. The number of furan rings is 1. The van der Waals surface area contributed by atoms with Crippen molar-refractivity contribution in [2.24, 2.45) is 0 Å². The van der Waals surface area contributed by atoms with Crippen molar-refractivity contribution in [3.05, 3.63) is 53.4 Å². The Balaban J connectivity index is 1.89. The summed E-state index contributed by atoms with van der Waals surface area (Å²) in [6.07, 6.45) is 1.47. The minimum absolute atomic E-state index is 0.0207. The van der Waals surface area contributed by atoms with Crippen LogP contribution in [0.1, 0.15) is 12.7 Å². The van der Waals surface area contributed by atoms with E-state index >= 15 is 0 Å². The van der Waals surface area contributed by atoms with Crippen LogP contribution in [0.2, 0.25) is 5.02 Å². The van der Waals surface area contributed by atoms with Crippen molar-refractivity contribution in [2.75, 3.05) is 11.9 Å². The van der Waals surface area contributed by atoms with Crippen LogP contribution in [-0.4, -0.2) is 17.7 Å². The summed E-state index contributed by atoms with van der Waals surface area (Å²) in [6.45, 7) is 1.58. The number of urea groups is 1. The van der Waals surface area contributed by atoms with Crippen LogP contribution in [0.15, 0.2) is 47.1 Å². The third-order valence-corrected chi connectivity index (χ3v) is 2.96. The number of hydrogen-bond donors (Lipinski definition) is 3. The summed E-state index contributed by atoms with van der Waals surface area (Å²) in [5.74, 6) is 0.389. The van der Waals surface area contributed by atoms with E-state index in [9.17, 15) is 9.90 Å². The summed E-state index contributed by atoms with van der Waals surface area (Å²) in [5.41, 5.74) is -0.692. The van der Waals surface area contributed by atoms with Gasteiger partial charge in [0.05, 0.1) is 12.8 Å². The van der Waals surface area contributed by atoms with Crippen molar-refractivity contribution in [2.45, 2.75) is 12.5 Å². The van der Waals surface area contributed by atoms with E-state index in [0.717, 1.165) is 0 Å². The standard InChI is InChI=1S/C14H15ClN2O3/c1-14(19,12-6-3-7-20-12)9-16-13(18)17-11-5-2-4-10(15)8-11/h2-8,19H,9H2,1H3,(H2,16,17,18). The summed E-state index contributed by atoms with van der Waals surface area (Å²) in [7, 11) is 0. The molecule has 6 heteroatoms. The Morgan fingerprint density at radius 2 is 2.20 bits per heavy atom. The molecular weight excluding hydrogens is 280 g/mol. The first-order chi connectivity index (χ1) is 9.47. The molecule has 1 aromatic carbocycles. The van der Waals surface area contributed by atoms with Gasteiger partial charge in [-0.1, -0.05) is 17.7 Å². The molecule has 5 nitrogen and oxygen atoms in total. The van der Waals surface area contributed by atoms with E-state index in [-0.39, 0.29) is 6.54 Å². The number of halogens is 1. The summed E-state index contributed by atoms with van der Waals surface area (Å²) in [5, 5.41) is 15.9. The molecule has 2 rings (SSSR count). The van der Waals surface area contributed by atoms with E-state index in [2.05, 4.69) is 10.6 Å². The molecule has 0 spiro atoms. The molecule has 0 saturated carbocycles. The first-order valence-corrected chi connectivity index (χ1v) is 6.42. The van der Waals surface area contributed by atoms with E-state index in [1.165, 1.54) is 6.26 Å². The average Bonchev–Trinajstić information content (AvgIpc) is 2.91. The topological polar surface area (TPSA) is 74.5 Å². The summed E-state index contributed by atoms with van der Waals surface area (Å²) in [6, 6.07) is 9.69. The van der Waals surface area contributed by atoms with Crippen LogP contribution in [0.25, 0.3) is 0 Å². The SMILES string of the molecule is CC(O)(CNC(=O)Nc1cccc(Cl)c1)c1ccco1. The number of carbonyl (C=O) groups is 1. The smallest absolute Gasteiger partial charge is 0.319 e. The number of aliphatic hydroxyl groups is 1. The van der Waals surface area contributed by atoms with Crippen molar-refractivity contribution >= 4 is 23.3 Å². The van der Waals surface area contributed by atoms with Gasteiger partial charge in [0.1, 0.15) is 11.4 Å². The normalized spacial score (nSPS) is 13.6. The van der Waals surface area contributed by atoms with E-state index in [4.69, 9.17) is 16.0 Å². The van der Waals surface area contributed by atoms with E-state index < -0.39 is 11.6 Å². The molecule has 1 aromatic heterocycles. The molecule has 0 saturated heterocycles. The van der Waals surface area contributed by atoms with Crippen LogP contribution < -0.4 is 10.6 Å². The Labute approximate surface area is 121 Å². The van der Waals surface area contributed by atoms with Gasteiger partial charge >= 0.3 is 6.03 Å². The molecule has 1 atom stereocenters. The fourth-order valence-electron chi connectivity index (χ4n) is 1.67. The van der Waals surface area contributed by atoms with Gasteiger partial charge < -0.3 is 20.2 Å². The van der Waals surface area contributed by atoms with Crippen LogP contribution in [0.3, 0.4) is 0 Å². The molecule has 0 bridgehead atoms. The maximum absolute atomic E-state index is 11.7. The van der Waals surface area contributed by atoms with E-state index in [1.807, 2.05) is 0 Å². The highest BCUT2D eigenvalue weighted by Gasteiger charge is 2.26. The molecule has 0 radical (unpaired) electrons. The molecule has 0 aliphatic heterocycles. The fourth-order valence-corrected chi connectivity index (χ4v) is 1.86. The third-order valence-electron chi connectivity index (χ3n) is 2.73.